The highest BCUT2D eigenvalue weighted by molar-refractivity contribution is 5.70. The van der Waals surface area contributed by atoms with Crippen molar-refractivity contribution in [2.75, 3.05) is 13.1 Å². The molecule has 2 aromatic rings. The number of aromatic nitrogens is 2. The topological polar surface area (TPSA) is 66.3 Å². The minimum Gasteiger partial charge on any atom is -0.481 e. The van der Waals surface area contributed by atoms with E-state index in [4.69, 9.17) is 0 Å². The van der Waals surface area contributed by atoms with Crippen LogP contribution in [0.15, 0.2) is 42.6 Å². The SMILES string of the molecule is CC(C)(C)[C@@H]1C[C@@H](C(=O)O)CN(Cc2ccc(-c3cccnn3)cc2)C1. The summed E-state index contributed by atoms with van der Waals surface area (Å²) >= 11 is 0. The van der Waals surface area contributed by atoms with Crippen molar-refractivity contribution in [1.82, 2.24) is 15.1 Å². The summed E-state index contributed by atoms with van der Waals surface area (Å²) in [6.45, 7) is 8.95. The molecule has 5 nitrogen and oxygen atoms in total. The van der Waals surface area contributed by atoms with Gasteiger partial charge in [-0.15, -0.1) is 0 Å². The maximum Gasteiger partial charge on any atom is 0.307 e. The van der Waals surface area contributed by atoms with Crippen LogP contribution in [0.4, 0.5) is 0 Å². The van der Waals surface area contributed by atoms with Gasteiger partial charge in [0.15, 0.2) is 0 Å². The minimum atomic E-state index is -0.679. The quantitative estimate of drug-likeness (QED) is 0.907. The molecule has 2 atom stereocenters. The Bertz CT molecular complexity index is 738. The Labute approximate surface area is 155 Å². The van der Waals surface area contributed by atoms with Crippen LogP contribution in [-0.2, 0) is 11.3 Å². The zero-order valence-corrected chi connectivity index (χ0v) is 15.7. The molecule has 1 aromatic heterocycles. The summed E-state index contributed by atoms with van der Waals surface area (Å²) < 4.78 is 0. The van der Waals surface area contributed by atoms with Crippen LogP contribution < -0.4 is 0 Å². The molecule has 1 fully saturated rings. The largest absolute Gasteiger partial charge is 0.481 e. The van der Waals surface area contributed by atoms with Gasteiger partial charge in [-0.25, -0.2) is 0 Å². The average molecular weight is 353 g/mol. The third-order valence-electron chi connectivity index (χ3n) is 5.33. The lowest BCUT2D eigenvalue weighted by Crippen LogP contribution is -2.46. The maximum absolute atomic E-state index is 11.6. The first-order valence-electron chi connectivity index (χ1n) is 9.15. The Morgan fingerprint density at radius 3 is 2.50 bits per heavy atom. The number of hydrogen-bond donors (Lipinski definition) is 1. The molecule has 1 aromatic carbocycles. The van der Waals surface area contributed by atoms with Gasteiger partial charge in [-0.2, -0.15) is 10.2 Å². The van der Waals surface area contributed by atoms with Crippen LogP contribution in [-0.4, -0.2) is 39.3 Å². The third kappa shape index (κ3) is 4.47. The Morgan fingerprint density at radius 2 is 1.92 bits per heavy atom. The van der Waals surface area contributed by atoms with Crippen LogP contribution in [0.25, 0.3) is 11.3 Å². The van der Waals surface area contributed by atoms with Crippen LogP contribution in [0, 0.1) is 17.3 Å². The first-order valence-corrected chi connectivity index (χ1v) is 9.15. The molecule has 0 aliphatic carbocycles. The molecule has 0 spiro atoms. The van der Waals surface area contributed by atoms with Crippen molar-refractivity contribution in [2.24, 2.45) is 17.3 Å². The molecule has 0 unspecified atom stereocenters. The van der Waals surface area contributed by atoms with E-state index in [0.29, 0.717) is 12.5 Å². The van der Waals surface area contributed by atoms with E-state index >= 15 is 0 Å². The number of piperidine rings is 1. The highest BCUT2D eigenvalue weighted by Crippen LogP contribution is 2.36. The van der Waals surface area contributed by atoms with Gasteiger partial charge in [0.25, 0.3) is 0 Å². The Kier molecular flexibility index (Phi) is 5.37. The average Bonchev–Trinajstić information content (AvgIpc) is 2.62. The van der Waals surface area contributed by atoms with Gasteiger partial charge in [-0.1, -0.05) is 45.0 Å². The summed E-state index contributed by atoms with van der Waals surface area (Å²) in [7, 11) is 0. The predicted molar refractivity (Wildman–Crippen MR) is 101 cm³/mol. The molecule has 26 heavy (non-hydrogen) atoms. The van der Waals surface area contributed by atoms with Crippen molar-refractivity contribution < 1.29 is 9.90 Å². The summed E-state index contributed by atoms with van der Waals surface area (Å²) in [6, 6.07) is 12.1. The summed E-state index contributed by atoms with van der Waals surface area (Å²) in [5, 5.41) is 17.6. The number of benzene rings is 1. The first-order chi connectivity index (χ1) is 12.3. The second kappa shape index (κ2) is 7.54. The molecule has 1 N–H and O–H groups in total. The zero-order valence-electron chi connectivity index (χ0n) is 15.7. The molecule has 3 rings (SSSR count). The number of aliphatic carboxylic acids is 1. The first kappa shape index (κ1) is 18.5. The van der Waals surface area contributed by atoms with Gasteiger partial charge in [0.2, 0.25) is 0 Å². The molecule has 1 aliphatic heterocycles. The third-order valence-corrected chi connectivity index (χ3v) is 5.33. The molecular formula is C21H27N3O2. The molecular weight excluding hydrogens is 326 g/mol. The van der Waals surface area contributed by atoms with Gasteiger partial charge in [-0.05, 0) is 35.4 Å². The lowest BCUT2D eigenvalue weighted by atomic mass is 9.73. The van der Waals surface area contributed by atoms with Crippen LogP contribution in [0.5, 0.6) is 0 Å². The van der Waals surface area contributed by atoms with Crippen molar-refractivity contribution in [3.05, 3.63) is 48.2 Å². The van der Waals surface area contributed by atoms with Crippen molar-refractivity contribution >= 4 is 5.97 Å². The Morgan fingerprint density at radius 1 is 1.19 bits per heavy atom. The van der Waals surface area contributed by atoms with E-state index in [9.17, 15) is 9.90 Å². The summed E-state index contributed by atoms with van der Waals surface area (Å²) in [5.41, 5.74) is 3.20. The summed E-state index contributed by atoms with van der Waals surface area (Å²) in [4.78, 5) is 13.9. The fourth-order valence-electron chi connectivity index (χ4n) is 3.62. The molecule has 0 amide bonds. The molecule has 1 saturated heterocycles. The van der Waals surface area contributed by atoms with Gasteiger partial charge < -0.3 is 5.11 Å². The van der Waals surface area contributed by atoms with Crippen LogP contribution in [0.2, 0.25) is 0 Å². The molecule has 0 radical (unpaired) electrons. The molecule has 0 bridgehead atoms. The number of carbonyl (C=O) groups is 1. The number of carboxylic acids is 1. The molecule has 138 valence electrons. The standard InChI is InChI=1S/C21H27N3O2/c1-21(2,3)18-11-17(20(25)26)13-24(14-18)12-15-6-8-16(9-7-15)19-5-4-10-22-23-19/h4-10,17-18H,11-14H2,1-3H3,(H,25,26)/t17-,18-/m1/s1. The number of carboxylic acid groups (broad SMARTS) is 1. The van der Waals surface area contributed by atoms with Gasteiger partial charge >= 0.3 is 5.97 Å². The normalized spacial score (nSPS) is 21.5. The molecule has 5 heteroatoms. The monoisotopic (exact) mass is 353 g/mol. The number of likely N-dealkylation sites (tertiary alicyclic amines) is 1. The highest BCUT2D eigenvalue weighted by atomic mass is 16.4. The zero-order chi connectivity index (χ0) is 18.7. The fraction of sp³-hybridized carbons (Fsp3) is 0.476. The summed E-state index contributed by atoms with van der Waals surface area (Å²) in [6.07, 6.45) is 2.43. The number of nitrogens with zero attached hydrogens (tertiary/aromatic N) is 3. The van der Waals surface area contributed by atoms with E-state index in [2.05, 4.69) is 60.1 Å². The predicted octanol–water partition coefficient (Wildman–Crippen LogP) is 3.71. The Balaban J connectivity index is 1.71. The van der Waals surface area contributed by atoms with E-state index in [1.807, 2.05) is 12.1 Å². The van der Waals surface area contributed by atoms with E-state index in [-0.39, 0.29) is 11.3 Å². The molecule has 1 aliphatic rings. The lowest BCUT2D eigenvalue weighted by molar-refractivity contribution is -0.145. The van der Waals surface area contributed by atoms with Crippen molar-refractivity contribution in [3.63, 3.8) is 0 Å². The summed E-state index contributed by atoms with van der Waals surface area (Å²) in [5.74, 6) is -0.579. The van der Waals surface area contributed by atoms with Crippen molar-refractivity contribution in [1.29, 1.82) is 0 Å². The Hall–Kier alpha value is -2.27. The van der Waals surface area contributed by atoms with E-state index in [0.717, 1.165) is 30.8 Å². The van der Waals surface area contributed by atoms with E-state index in [1.54, 1.807) is 6.20 Å². The van der Waals surface area contributed by atoms with Gasteiger partial charge in [0.1, 0.15) is 0 Å². The van der Waals surface area contributed by atoms with Gasteiger partial charge in [0, 0.05) is 31.4 Å². The lowest BCUT2D eigenvalue weighted by Gasteiger charge is -2.42. The molecule has 2 heterocycles. The number of rotatable bonds is 4. The van der Waals surface area contributed by atoms with Crippen LogP contribution in [0.1, 0.15) is 32.8 Å². The van der Waals surface area contributed by atoms with E-state index < -0.39 is 5.97 Å². The minimum absolute atomic E-state index is 0.113. The second-order valence-corrected chi connectivity index (χ2v) is 8.33. The number of hydrogen-bond acceptors (Lipinski definition) is 4. The van der Waals surface area contributed by atoms with Gasteiger partial charge in [-0.3, -0.25) is 9.69 Å². The maximum atomic E-state index is 11.6. The van der Waals surface area contributed by atoms with Gasteiger partial charge in [0.05, 0.1) is 11.6 Å². The van der Waals surface area contributed by atoms with Crippen molar-refractivity contribution in [3.8, 4) is 11.3 Å². The molecule has 0 saturated carbocycles. The van der Waals surface area contributed by atoms with Crippen LogP contribution >= 0.6 is 0 Å². The second-order valence-electron chi connectivity index (χ2n) is 8.33. The van der Waals surface area contributed by atoms with Crippen LogP contribution in [0.3, 0.4) is 0 Å². The highest BCUT2D eigenvalue weighted by Gasteiger charge is 2.36. The smallest absolute Gasteiger partial charge is 0.307 e. The van der Waals surface area contributed by atoms with Crippen molar-refractivity contribution in [2.45, 2.75) is 33.7 Å². The van der Waals surface area contributed by atoms with E-state index in [1.165, 1.54) is 5.56 Å². The fourth-order valence-corrected chi connectivity index (χ4v) is 3.62.